The Bertz CT molecular complexity index is 611. The average Bonchev–Trinajstić information content (AvgIpc) is 2.86. The number of nitrogens with zero attached hydrogens (tertiary/aromatic N) is 2. The normalized spacial score (nSPS) is 22.5. The van der Waals surface area contributed by atoms with Crippen molar-refractivity contribution >= 4 is 34.5 Å². The van der Waals surface area contributed by atoms with Crippen molar-refractivity contribution in [3.63, 3.8) is 0 Å². The number of anilines is 1. The van der Waals surface area contributed by atoms with Gasteiger partial charge in [-0.2, -0.15) is 0 Å². The second kappa shape index (κ2) is 7.40. The number of carbonyl (C=O) groups is 1. The second-order valence-corrected chi connectivity index (χ2v) is 7.85. The van der Waals surface area contributed by atoms with Crippen LogP contribution in [0.1, 0.15) is 38.7 Å². The van der Waals surface area contributed by atoms with Gasteiger partial charge in [0.25, 0.3) is 0 Å². The van der Waals surface area contributed by atoms with Gasteiger partial charge in [0.15, 0.2) is 0 Å². The molecule has 0 spiro atoms. The Morgan fingerprint density at radius 1 is 1.62 bits per heavy atom. The van der Waals surface area contributed by atoms with Crippen LogP contribution in [0.15, 0.2) is 12.3 Å². The average molecular weight is 449 g/mol. The van der Waals surface area contributed by atoms with Crippen LogP contribution in [-0.4, -0.2) is 52.2 Å². The minimum Gasteiger partial charge on any atom is -0.443 e. The quantitative estimate of drug-likeness (QED) is 0.590. The molecule has 1 aromatic heterocycles. The van der Waals surface area contributed by atoms with E-state index in [1.807, 2.05) is 31.7 Å². The van der Waals surface area contributed by atoms with Crippen molar-refractivity contribution in [2.24, 2.45) is 5.73 Å². The predicted molar refractivity (Wildman–Crippen MR) is 99.0 cm³/mol. The Kier molecular flexibility index (Phi) is 5.92. The van der Waals surface area contributed by atoms with E-state index in [-0.39, 0.29) is 18.6 Å². The summed E-state index contributed by atoms with van der Waals surface area (Å²) in [7, 11) is 0. The number of halogens is 1. The van der Waals surface area contributed by atoms with E-state index in [1.54, 1.807) is 6.20 Å². The number of aromatic nitrogens is 1. The molecule has 0 bridgehead atoms. The number of amides is 1. The Labute approximate surface area is 155 Å². The van der Waals surface area contributed by atoms with Gasteiger partial charge in [0, 0.05) is 22.2 Å². The van der Waals surface area contributed by atoms with Crippen LogP contribution >= 0.6 is 22.6 Å². The molecule has 134 valence electrons. The first-order chi connectivity index (χ1) is 11.2. The summed E-state index contributed by atoms with van der Waals surface area (Å²) in [4.78, 5) is 17.5. The van der Waals surface area contributed by atoms with Crippen LogP contribution in [0.2, 0.25) is 0 Å². The minimum absolute atomic E-state index is 0.0209. The van der Waals surface area contributed by atoms with E-state index in [0.29, 0.717) is 13.0 Å². The van der Waals surface area contributed by atoms with Crippen molar-refractivity contribution in [3.05, 3.63) is 21.4 Å². The molecule has 1 fully saturated rings. The van der Waals surface area contributed by atoms with Gasteiger partial charge in [0.1, 0.15) is 11.4 Å². The molecule has 1 aliphatic heterocycles. The Hall–Kier alpha value is -1.13. The molecule has 2 heterocycles. The molecule has 0 saturated carbocycles. The zero-order chi connectivity index (χ0) is 18.1. The molecule has 1 saturated heterocycles. The zero-order valence-corrected chi connectivity index (χ0v) is 16.2. The maximum absolute atomic E-state index is 11.1. The molecule has 0 aromatic carbocycles. The van der Waals surface area contributed by atoms with E-state index in [0.717, 1.165) is 15.0 Å². The van der Waals surface area contributed by atoms with E-state index in [4.69, 9.17) is 10.5 Å². The summed E-state index contributed by atoms with van der Waals surface area (Å²) in [6.45, 7) is 6.01. The number of ether oxygens (including phenoxy) is 1. The number of hydrogen-bond donors (Lipinski definition) is 3. The number of hydrogen-bond acceptors (Lipinski definition) is 6. The predicted octanol–water partition coefficient (Wildman–Crippen LogP) is 1.60. The molecule has 7 nitrogen and oxygen atoms in total. The fourth-order valence-corrected chi connectivity index (χ4v) is 3.86. The van der Waals surface area contributed by atoms with Gasteiger partial charge in [-0.1, -0.05) is 6.92 Å². The van der Waals surface area contributed by atoms with E-state index in [2.05, 4.69) is 27.6 Å². The van der Waals surface area contributed by atoms with Crippen molar-refractivity contribution in [3.8, 4) is 0 Å². The summed E-state index contributed by atoms with van der Waals surface area (Å²) in [5.74, 6) is 0.621. The first kappa shape index (κ1) is 19.2. The molecule has 1 aromatic rings. The molecule has 8 heteroatoms. The molecule has 1 aliphatic rings. The number of nitrogens with two attached hydrogens (primary N) is 1. The van der Waals surface area contributed by atoms with Crippen molar-refractivity contribution < 1.29 is 19.7 Å². The molecule has 24 heavy (non-hydrogen) atoms. The van der Waals surface area contributed by atoms with Crippen molar-refractivity contribution in [1.29, 1.82) is 0 Å². The number of β-amino-alcohol motifs (C(OH)–C–C–N with tert-alkyl or cyclic N) is 1. The van der Waals surface area contributed by atoms with Crippen LogP contribution in [0.4, 0.5) is 10.6 Å². The van der Waals surface area contributed by atoms with E-state index < -0.39 is 17.8 Å². The van der Waals surface area contributed by atoms with Gasteiger partial charge in [-0.15, -0.1) is 0 Å². The fraction of sp³-hybridized carbons (Fsp3) is 0.625. The molecule has 1 amide bonds. The number of aliphatic hydroxyl groups excluding tert-OH is 2. The van der Waals surface area contributed by atoms with Crippen molar-refractivity contribution in [1.82, 2.24) is 4.98 Å². The van der Waals surface area contributed by atoms with Gasteiger partial charge < -0.3 is 25.6 Å². The summed E-state index contributed by atoms with van der Waals surface area (Å²) >= 11 is 2.22. The molecule has 0 radical (unpaired) electrons. The topological polar surface area (TPSA) is 109 Å². The van der Waals surface area contributed by atoms with Crippen LogP contribution < -0.4 is 10.6 Å². The number of rotatable bonds is 5. The van der Waals surface area contributed by atoms with Gasteiger partial charge in [0.2, 0.25) is 0 Å². The third-order valence-electron chi connectivity index (χ3n) is 4.64. The Balaban J connectivity index is 2.25. The number of carbonyl (C=O) groups excluding carboxylic acids is 1. The summed E-state index contributed by atoms with van der Waals surface area (Å²) in [6, 6.07) is 1.80. The third kappa shape index (κ3) is 4.09. The highest BCUT2D eigenvalue weighted by Gasteiger charge is 2.34. The summed E-state index contributed by atoms with van der Waals surface area (Å²) in [5, 5.41) is 19.3. The van der Waals surface area contributed by atoms with Crippen LogP contribution in [-0.2, 0) is 4.74 Å². The lowest BCUT2D eigenvalue weighted by Crippen LogP contribution is -2.36. The van der Waals surface area contributed by atoms with Crippen LogP contribution in [0.3, 0.4) is 0 Å². The highest BCUT2D eigenvalue weighted by molar-refractivity contribution is 14.1. The van der Waals surface area contributed by atoms with Gasteiger partial charge >= 0.3 is 6.09 Å². The highest BCUT2D eigenvalue weighted by Crippen LogP contribution is 2.35. The van der Waals surface area contributed by atoms with E-state index in [9.17, 15) is 15.0 Å². The first-order valence-corrected chi connectivity index (χ1v) is 8.93. The second-order valence-electron chi connectivity index (χ2n) is 6.69. The SMILES string of the molecule is CC(c1cnc(N2C[C@H](O)C[C@@H]2CO)cc1I)C(C)(C)OC(N)=O. The number of aliphatic hydroxyl groups is 2. The number of primary amides is 1. The van der Waals surface area contributed by atoms with Gasteiger partial charge in [0.05, 0.1) is 18.8 Å². The third-order valence-corrected chi connectivity index (χ3v) is 5.57. The smallest absolute Gasteiger partial charge is 0.405 e. The fourth-order valence-electron chi connectivity index (χ4n) is 2.97. The van der Waals surface area contributed by atoms with Gasteiger partial charge in [-0.25, -0.2) is 9.78 Å². The molecule has 1 unspecified atom stereocenters. The summed E-state index contributed by atoms with van der Waals surface area (Å²) < 4.78 is 6.19. The van der Waals surface area contributed by atoms with Crippen LogP contribution in [0, 0.1) is 3.57 Å². The van der Waals surface area contributed by atoms with Gasteiger partial charge in [-0.05, 0) is 54.5 Å². The minimum atomic E-state index is -0.803. The lowest BCUT2D eigenvalue weighted by molar-refractivity contribution is 0.0279. The highest BCUT2D eigenvalue weighted by atomic mass is 127. The van der Waals surface area contributed by atoms with Gasteiger partial charge in [-0.3, -0.25) is 0 Å². The van der Waals surface area contributed by atoms with E-state index >= 15 is 0 Å². The molecule has 2 rings (SSSR count). The largest absolute Gasteiger partial charge is 0.443 e. The summed E-state index contributed by atoms with van der Waals surface area (Å²) in [6.07, 6.45) is 1.03. The molecule has 0 aliphatic carbocycles. The lowest BCUT2D eigenvalue weighted by Gasteiger charge is -2.32. The van der Waals surface area contributed by atoms with Crippen molar-refractivity contribution in [2.45, 2.75) is 50.9 Å². The number of pyridine rings is 1. The first-order valence-electron chi connectivity index (χ1n) is 7.85. The van der Waals surface area contributed by atoms with Crippen LogP contribution in [0.5, 0.6) is 0 Å². The summed E-state index contributed by atoms with van der Waals surface area (Å²) in [5.41, 5.74) is 5.34. The Morgan fingerprint density at radius 3 is 2.83 bits per heavy atom. The Morgan fingerprint density at radius 2 is 2.29 bits per heavy atom. The van der Waals surface area contributed by atoms with Crippen molar-refractivity contribution in [2.75, 3.05) is 18.1 Å². The molecule has 3 atom stereocenters. The lowest BCUT2D eigenvalue weighted by atomic mass is 9.87. The molecular weight excluding hydrogens is 425 g/mol. The molecular formula is C16H24IN3O4. The van der Waals surface area contributed by atoms with Crippen LogP contribution in [0.25, 0.3) is 0 Å². The zero-order valence-electron chi connectivity index (χ0n) is 14.1. The monoisotopic (exact) mass is 449 g/mol. The maximum atomic E-state index is 11.1. The molecule has 4 N–H and O–H groups in total. The maximum Gasteiger partial charge on any atom is 0.405 e. The standard InChI is InChI=1S/C16H24IN3O4/c1-9(16(2,3)24-15(18)23)12-6-19-14(5-13(12)17)20-7-11(22)4-10(20)8-21/h5-6,9-11,21-22H,4,7-8H2,1-3H3,(H2,18,23)/t9?,10-,11-/m1/s1. The van der Waals surface area contributed by atoms with E-state index in [1.165, 1.54) is 0 Å².